The smallest absolute Gasteiger partial charge is 0.124 e. The van der Waals surface area contributed by atoms with Crippen LogP contribution in [0.5, 0.6) is 0 Å². The van der Waals surface area contributed by atoms with Gasteiger partial charge in [-0.3, -0.25) is 0 Å². The number of aromatic nitrogens is 2. The molecule has 1 heterocycles. The van der Waals surface area contributed by atoms with Crippen molar-refractivity contribution >= 4 is 15.9 Å². The van der Waals surface area contributed by atoms with E-state index in [1.165, 1.54) is 12.1 Å². The first kappa shape index (κ1) is 14.2. The van der Waals surface area contributed by atoms with E-state index in [4.69, 9.17) is 0 Å². The van der Waals surface area contributed by atoms with E-state index < -0.39 is 6.10 Å². The monoisotopic (exact) mass is 326 g/mol. The van der Waals surface area contributed by atoms with E-state index >= 15 is 0 Å². The Labute approximate surface area is 120 Å². The van der Waals surface area contributed by atoms with Crippen LogP contribution in [0.25, 0.3) is 0 Å². The molecule has 0 saturated heterocycles. The lowest BCUT2D eigenvalue weighted by atomic mass is 10.1. The highest BCUT2D eigenvalue weighted by Gasteiger charge is 2.14. The minimum Gasteiger partial charge on any atom is -0.386 e. The van der Waals surface area contributed by atoms with Gasteiger partial charge >= 0.3 is 0 Å². The van der Waals surface area contributed by atoms with E-state index in [9.17, 15) is 9.50 Å². The molecule has 0 aliphatic rings. The molecule has 0 aliphatic heterocycles. The number of aliphatic hydroxyl groups excluding tert-OH is 1. The van der Waals surface area contributed by atoms with E-state index in [0.29, 0.717) is 10.9 Å². The lowest BCUT2D eigenvalue weighted by molar-refractivity contribution is 0.168. The second kappa shape index (κ2) is 6.30. The van der Waals surface area contributed by atoms with Crippen molar-refractivity contribution in [2.75, 3.05) is 0 Å². The van der Waals surface area contributed by atoms with Crippen LogP contribution in [0.2, 0.25) is 0 Å². The Kier molecular flexibility index (Phi) is 4.71. The van der Waals surface area contributed by atoms with E-state index in [-0.39, 0.29) is 5.82 Å². The van der Waals surface area contributed by atoms with Gasteiger partial charge in [-0.2, -0.15) is 0 Å². The van der Waals surface area contributed by atoms with Gasteiger partial charge in [-0.15, -0.1) is 0 Å². The molecule has 1 N–H and O–H groups in total. The van der Waals surface area contributed by atoms with Crippen molar-refractivity contribution in [3.8, 4) is 0 Å². The minimum absolute atomic E-state index is 0.307. The van der Waals surface area contributed by atoms with Gasteiger partial charge in [0.15, 0.2) is 0 Å². The summed E-state index contributed by atoms with van der Waals surface area (Å²) in [6.45, 7) is 2.89. The van der Waals surface area contributed by atoms with Crippen LogP contribution in [0.4, 0.5) is 4.39 Å². The van der Waals surface area contributed by atoms with Crippen molar-refractivity contribution in [3.05, 3.63) is 52.3 Å². The van der Waals surface area contributed by atoms with Crippen LogP contribution in [0.1, 0.15) is 30.7 Å². The normalized spacial score (nSPS) is 12.6. The Morgan fingerprint density at radius 2 is 2.21 bits per heavy atom. The summed E-state index contributed by atoms with van der Waals surface area (Å²) in [6.07, 6.45) is 4.04. The van der Waals surface area contributed by atoms with E-state index in [1.807, 2.05) is 10.6 Å². The maximum Gasteiger partial charge on any atom is 0.124 e. The number of hydrogen-bond acceptors (Lipinski definition) is 2. The molecule has 0 radical (unpaired) electrons. The molecule has 1 aromatic carbocycles. The second-order valence-corrected chi connectivity index (χ2v) is 5.43. The number of aliphatic hydroxyl groups is 1. The summed E-state index contributed by atoms with van der Waals surface area (Å²) in [5.41, 5.74) is 1.52. The van der Waals surface area contributed by atoms with Gasteiger partial charge in [0.05, 0.1) is 24.3 Å². The first-order valence-electron chi connectivity index (χ1n) is 6.23. The predicted octanol–water partition coefficient (Wildman–Crippen LogP) is 3.47. The maximum atomic E-state index is 13.3. The third-order valence-electron chi connectivity index (χ3n) is 2.90. The van der Waals surface area contributed by atoms with Gasteiger partial charge in [-0.05, 0) is 30.2 Å². The van der Waals surface area contributed by atoms with Crippen molar-refractivity contribution in [2.45, 2.75) is 32.4 Å². The van der Waals surface area contributed by atoms with Crippen LogP contribution in [0.15, 0.2) is 35.2 Å². The molecule has 0 amide bonds. The molecule has 102 valence electrons. The molecule has 3 nitrogen and oxygen atoms in total. The number of hydrogen-bond donors (Lipinski definition) is 1. The van der Waals surface area contributed by atoms with Crippen molar-refractivity contribution in [1.29, 1.82) is 0 Å². The number of imidazole rings is 1. The van der Waals surface area contributed by atoms with Gasteiger partial charge in [-0.1, -0.05) is 22.9 Å². The van der Waals surface area contributed by atoms with Crippen LogP contribution in [-0.4, -0.2) is 14.7 Å². The summed E-state index contributed by atoms with van der Waals surface area (Å²) in [5, 5.41) is 10.3. The molecule has 2 aromatic rings. The minimum atomic E-state index is -0.678. The van der Waals surface area contributed by atoms with Gasteiger partial charge in [0.2, 0.25) is 0 Å². The number of nitrogens with zero attached hydrogens (tertiary/aromatic N) is 2. The Morgan fingerprint density at radius 3 is 2.89 bits per heavy atom. The summed E-state index contributed by atoms with van der Waals surface area (Å²) in [5.74, 6) is -0.307. The molecule has 2 rings (SSSR count). The average Bonchev–Trinajstić information content (AvgIpc) is 2.76. The zero-order valence-corrected chi connectivity index (χ0v) is 12.3. The largest absolute Gasteiger partial charge is 0.386 e. The second-order valence-electron chi connectivity index (χ2n) is 4.51. The quantitative estimate of drug-likeness (QED) is 0.913. The van der Waals surface area contributed by atoms with Crippen LogP contribution in [0, 0.1) is 5.82 Å². The molecule has 1 aromatic heterocycles. The summed E-state index contributed by atoms with van der Waals surface area (Å²) >= 11 is 3.25. The molecule has 0 spiro atoms. The van der Waals surface area contributed by atoms with Crippen LogP contribution >= 0.6 is 15.9 Å². The number of rotatable bonds is 5. The molecular weight excluding hydrogens is 311 g/mol. The molecule has 1 unspecified atom stereocenters. The molecule has 1 atom stereocenters. The fourth-order valence-electron chi connectivity index (χ4n) is 2.09. The predicted molar refractivity (Wildman–Crippen MR) is 75.3 cm³/mol. The zero-order chi connectivity index (χ0) is 13.8. The van der Waals surface area contributed by atoms with E-state index in [0.717, 1.165) is 24.2 Å². The zero-order valence-electron chi connectivity index (χ0n) is 10.7. The van der Waals surface area contributed by atoms with Gasteiger partial charge in [0.25, 0.3) is 0 Å². The van der Waals surface area contributed by atoms with Crippen LogP contribution in [-0.2, 0) is 13.0 Å². The van der Waals surface area contributed by atoms with Crippen molar-refractivity contribution in [3.63, 3.8) is 0 Å². The number of aryl methyl sites for hydroxylation is 1. The average molecular weight is 327 g/mol. The van der Waals surface area contributed by atoms with Crippen LogP contribution in [0.3, 0.4) is 0 Å². The summed E-state index contributed by atoms with van der Waals surface area (Å²) in [6, 6.07) is 4.65. The molecule has 0 bridgehead atoms. The SMILES string of the molecule is CCCn1cncc1C(O)Cc1cc(F)cc(Br)c1. The molecule has 0 saturated carbocycles. The van der Waals surface area contributed by atoms with Gasteiger partial charge in [0, 0.05) is 17.4 Å². The standard InChI is InChI=1S/C14H16BrFN2O/c1-2-3-18-9-17-8-13(18)14(19)6-10-4-11(15)7-12(16)5-10/h4-5,7-9,14,19H,2-3,6H2,1H3. The first-order valence-corrected chi connectivity index (χ1v) is 7.02. The van der Waals surface area contributed by atoms with Crippen molar-refractivity contribution < 1.29 is 9.50 Å². The van der Waals surface area contributed by atoms with Crippen molar-refractivity contribution in [1.82, 2.24) is 9.55 Å². The van der Waals surface area contributed by atoms with Gasteiger partial charge in [-0.25, -0.2) is 9.37 Å². The Hall–Kier alpha value is -1.20. The summed E-state index contributed by atoms with van der Waals surface area (Å²) < 4.78 is 15.9. The molecule has 19 heavy (non-hydrogen) atoms. The topological polar surface area (TPSA) is 38.0 Å². The van der Waals surface area contributed by atoms with E-state index in [2.05, 4.69) is 27.8 Å². The summed E-state index contributed by atoms with van der Waals surface area (Å²) in [4.78, 5) is 4.06. The van der Waals surface area contributed by atoms with Crippen LogP contribution < -0.4 is 0 Å². The Bertz CT molecular complexity index is 536. The highest BCUT2D eigenvalue weighted by Crippen LogP contribution is 2.22. The molecule has 0 aliphatic carbocycles. The fourth-order valence-corrected chi connectivity index (χ4v) is 2.61. The third kappa shape index (κ3) is 3.64. The lowest BCUT2D eigenvalue weighted by Gasteiger charge is -2.13. The fraction of sp³-hybridized carbons (Fsp3) is 0.357. The molecule has 0 fully saturated rings. The maximum absolute atomic E-state index is 13.3. The lowest BCUT2D eigenvalue weighted by Crippen LogP contribution is -2.09. The number of benzene rings is 1. The highest BCUT2D eigenvalue weighted by atomic mass is 79.9. The Balaban J connectivity index is 2.15. The van der Waals surface area contributed by atoms with E-state index in [1.54, 1.807) is 12.5 Å². The Morgan fingerprint density at radius 1 is 1.42 bits per heavy atom. The van der Waals surface area contributed by atoms with Crippen molar-refractivity contribution in [2.24, 2.45) is 0 Å². The van der Waals surface area contributed by atoms with Gasteiger partial charge in [0.1, 0.15) is 5.82 Å². The molecule has 5 heteroatoms. The third-order valence-corrected chi connectivity index (χ3v) is 3.36. The van der Waals surface area contributed by atoms with Gasteiger partial charge < -0.3 is 9.67 Å². The number of halogens is 2. The highest BCUT2D eigenvalue weighted by molar-refractivity contribution is 9.10. The summed E-state index contributed by atoms with van der Waals surface area (Å²) in [7, 11) is 0. The first-order chi connectivity index (χ1) is 9.10. The molecular formula is C14H16BrFN2O.